The molecule has 1 amide bonds. The van der Waals surface area contributed by atoms with Gasteiger partial charge >= 0.3 is 0 Å². The zero-order valence-corrected chi connectivity index (χ0v) is 16.5. The van der Waals surface area contributed by atoms with Gasteiger partial charge in [-0.1, -0.05) is 18.2 Å². The standard InChI is InChI=1S/C20H24N2O4S/c1-14(13-26-3)21-20(23)16-9-10-19-17(12-16)11-15(2)22(19)27(24,25)18-7-5-4-6-8-18/h4-10,12,14-15H,11,13H2,1-3H3,(H,21,23)/t14-,15+/m0/s1. The van der Waals surface area contributed by atoms with E-state index in [1.807, 2.05) is 13.8 Å². The Morgan fingerprint density at radius 3 is 2.63 bits per heavy atom. The molecular formula is C20H24N2O4S. The van der Waals surface area contributed by atoms with Crippen LogP contribution in [0.1, 0.15) is 29.8 Å². The van der Waals surface area contributed by atoms with Crippen molar-refractivity contribution in [2.75, 3.05) is 18.0 Å². The Hall–Kier alpha value is -2.38. The molecule has 2 aromatic rings. The maximum Gasteiger partial charge on any atom is 0.264 e. The molecule has 2 aromatic carbocycles. The van der Waals surface area contributed by atoms with E-state index in [4.69, 9.17) is 4.74 Å². The average molecular weight is 388 g/mol. The van der Waals surface area contributed by atoms with Crippen molar-refractivity contribution in [1.82, 2.24) is 5.32 Å². The highest BCUT2D eigenvalue weighted by atomic mass is 32.2. The molecule has 2 atom stereocenters. The SMILES string of the molecule is COC[C@H](C)NC(=O)c1ccc2c(c1)C[C@@H](C)N2S(=O)(=O)c1ccccc1. The highest BCUT2D eigenvalue weighted by molar-refractivity contribution is 7.92. The molecule has 7 heteroatoms. The highest BCUT2D eigenvalue weighted by Crippen LogP contribution is 2.37. The van der Waals surface area contributed by atoms with Crippen LogP contribution in [-0.4, -0.2) is 40.1 Å². The van der Waals surface area contributed by atoms with Gasteiger partial charge in [0.05, 0.1) is 17.2 Å². The number of anilines is 1. The van der Waals surface area contributed by atoms with Gasteiger partial charge in [0.1, 0.15) is 0 Å². The lowest BCUT2D eigenvalue weighted by Crippen LogP contribution is -2.36. The van der Waals surface area contributed by atoms with Crippen molar-refractivity contribution < 1.29 is 17.9 Å². The zero-order chi connectivity index (χ0) is 19.6. The van der Waals surface area contributed by atoms with E-state index >= 15 is 0 Å². The van der Waals surface area contributed by atoms with Crippen LogP contribution in [0.5, 0.6) is 0 Å². The summed E-state index contributed by atoms with van der Waals surface area (Å²) in [5.41, 5.74) is 2.00. The number of fused-ring (bicyclic) bond motifs is 1. The fourth-order valence-corrected chi connectivity index (χ4v) is 5.13. The van der Waals surface area contributed by atoms with Gasteiger partial charge in [-0.05, 0) is 56.2 Å². The van der Waals surface area contributed by atoms with Gasteiger partial charge in [-0.3, -0.25) is 9.10 Å². The second-order valence-corrected chi connectivity index (χ2v) is 8.66. The van der Waals surface area contributed by atoms with Crippen LogP contribution in [0.3, 0.4) is 0 Å². The molecule has 6 nitrogen and oxygen atoms in total. The van der Waals surface area contributed by atoms with Crippen molar-refractivity contribution in [2.24, 2.45) is 0 Å². The van der Waals surface area contributed by atoms with Crippen molar-refractivity contribution in [3.8, 4) is 0 Å². The molecule has 1 heterocycles. The first-order valence-corrected chi connectivity index (χ1v) is 10.3. The minimum atomic E-state index is -3.64. The molecule has 1 aliphatic rings. The van der Waals surface area contributed by atoms with E-state index in [1.54, 1.807) is 55.6 Å². The smallest absolute Gasteiger partial charge is 0.264 e. The molecular weight excluding hydrogens is 364 g/mol. The van der Waals surface area contributed by atoms with Gasteiger partial charge in [-0.15, -0.1) is 0 Å². The minimum absolute atomic E-state index is 0.107. The number of nitrogens with one attached hydrogen (secondary N) is 1. The number of benzene rings is 2. The van der Waals surface area contributed by atoms with E-state index in [9.17, 15) is 13.2 Å². The summed E-state index contributed by atoms with van der Waals surface area (Å²) in [4.78, 5) is 12.7. The summed E-state index contributed by atoms with van der Waals surface area (Å²) < 4.78 is 32.6. The Bertz CT molecular complexity index is 928. The van der Waals surface area contributed by atoms with Crippen LogP contribution in [0.25, 0.3) is 0 Å². The monoisotopic (exact) mass is 388 g/mol. The third kappa shape index (κ3) is 3.84. The van der Waals surface area contributed by atoms with Crippen LogP contribution < -0.4 is 9.62 Å². The Morgan fingerprint density at radius 1 is 1.26 bits per heavy atom. The molecule has 0 aromatic heterocycles. The van der Waals surface area contributed by atoms with Gasteiger partial charge in [-0.2, -0.15) is 0 Å². The second-order valence-electron chi connectivity index (χ2n) is 6.84. The number of methoxy groups -OCH3 is 1. The molecule has 0 unspecified atom stereocenters. The molecule has 0 radical (unpaired) electrons. The van der Waals surface area contributed by atoms with Gasteiger partial charge in [-0.25, -0.2) is 8.42 Å². The fraction of sp³-hybridized carbons (Fsp3) is 0.350. The third-order valence-electron chi connectivity index (χ3n) is 4.59. The molecule has 3 rings (SSSR count). The lowest BCUT2D eigenvalue weighted by atomic mass is 10.1. The number of sulfonamides is 1. The first-order chi connectivity index (χ1) is 12.8. The van der Waals surface area contributed by atoms with Crippen LogP contribution in [0.15, 0.2) is 53.4 Å². The molecule has 0 fully saturated rings. The maximum atomic E-state index is 13.1. The van der Waals surface area contributed by atoms with Crippen LogP contribution >= 0.6 is 0 Å². The summed E-state index contributed by atoms with van der Waals surface area (Å²) in [5.74, 6) is -0.195. The Balaban J connectivity index is 1.89. The molecule has 0 aliphatic carbocycles. The number of ether oxygens (including phenoxy) is 1. The first-order valence-electron chi connectivity index (χ1n) is 8.87. The second kappa shape index (κ2) is 7.70. The van der Waals surface area contributed by atoms with Gasteiger partial charge in [0.25, 0.3) is 15.9 Å². The number of nitrogens with zero attached hydrogens (tertiary/aromatic N) is 1. The Labute approximate surface area is 160 Å². The predicted octanol–water partition coefficient (Wildman–Crippen LogP) is 2.59. The summed E-state index contributed by atoms with van der Waals surface area (Å²) in [6.07, 6.45) is 0.566. The van der Waals surface area contributed by atoms with Crippen molar-refractivity contribution in [1.29, 1.82) is 0 Å². The molecule has 0 saturated heterocycles. The van der Waals surface area contributed by atoms with E-state index in [-0.39, 0.29) is 22.9 Å². The molecule has 1 N–H and O–H groups in total. The van der Waals surface area contributed by atoms with E-state index < -0.39 is 10.0 Å². The van der Waals surface area contributed by atoms with E-state index in [0.29, 0.717) is 24.3 Å². The van der Waals surface area contributed by atoms with E-state index in [1.165, 1.54) is 4.31 Å². The van der Waals surface area contributed by atoms with Crippen molar-refractivity contribution >= 4 is 21.6 Å². The number of hydrogen-bond donors (Lipinski definition) is 1. The normalized spacial score (nSPS) is 17.4. The number of rotatable bonds is 6. The van der Waals surface area contributed by atoms with Gasteiger partial charge in [0.15, 0.2) is 0 Å². The zero-order valence-electron chi connectivity index (χ0n) is 15.7. The quantitative estimate of drug-likeness (QED) is 0.825. The molecule has 27 heavy (non-hydrogen) atoms. The summed E-state index contributed by atoms with van der Waals surface area (Å²) in [6, 6.07) is 13.2. The Morgan fingerprint density at radius 2 is 1.96 bits per heavy atom. The number of amides is 1. The lowest BCUT2D eigenvalue weighted by Gasteiger charge is -2.24. The summed E-state index contributed by atoms with van der Waals surface area (Å²) in [5, 5.41) is 2.87. The Kier molecular flexibility index (Phi) is 5.53. The van der Waals surface area contributed by atoms with Crippen LogP contribution in [0, 0.1) is 0 Å². The van der Waals surface area contributed by atoms with Gasteiger partial charge < -0.3 is 10.1 Å². The van der Waals surface area contributed by atoms with Crippen molar-refractivity contribution in [3.63, 3.8) is 0 Å². The molecule has 0 saturated carbocycles. The molecule has 144 valence electrons. The average Bonchev–Trinajstić information content (AvgIpc) is 2.98. The topological polar surface area (TPSA) is 75.7 Å². The lowest BCUT2D eigenvalue weighted by molar-refractivity contribution is 0.0905. The summed E-state index contributed by atoms with van der Waals surface area (Å²) in [7, 11) is -2.06. The predicted molar refractivity (Wildman–Crippen MR) is 105 cm³/mol. The highest BCUT2D eigenvalue weighted by Gasteiger charge is 2.36. The van der Waals surface area contributed by atoms with E-state index in [0.717, 1.165) is 5.56 Å². The summed E-state index contributed by atoms with van der Waals surface area (Å²) >= 11 is 0. The van der Waals surface area contributed by atoms with Gasteiger partial charge in [0.2, 0.25) is 0 Å². The number of carbonyl (C=O) groups excluding carboxylic acids is 1. The van der Waals surface area contributed by atoms with E-state index in [2.05, 4.69) is 5.32 Å². The first kappa shape index (κ1) is 19.4. The number of hydrogen-bond acceptors (Lipinski definition) is 4. The molecule has 0 spiro atoms. The third-order valence-corrected chi connectivity index (χ3v) is 6.53. The molecule has 1 aliphatic heterocycles. The maximum absolute atomic E-state index is 13.1. The van der Waals surface area contributed by atoms with Crippen LogP contribution in [0.2, 0.25) is 0 Å². The largest absolute Gasteiger partial charge is 0.383 e. The summed E-state index contributed by atoms with van der Waals surface area (Å²) in [6.45, 7) is 4.17. The van der Waals surface area contributed by atoms with Crippen LogP contribution in [0.4, 0.5) is 5.69 Å². The van der Waals surface area contributed by atoms with Crippen molar-refractivity contribution in [3.05, 3.63) is 59.7 Å². The number of carbonyl (C=O) groups is 1. The van der Waals surface area contributed by atoms with Crippen molar-refractivity contribution in [2.45, 2.75) is 37.2 Å². The van der Waals surface area contributed by atoms with Crippen LogP contribution in [-0.2, 0) is 21.2 Å². The van der Waals surface area contributed by atoms with Gasteiger partial charge in [0, 0.05) is 24.8 Å². The minimum Gasteiger partial charge on any atom is -0.383 e. The fourth-order valence-electron chi connectivity index (χ4n) is 3.42. The molecule has 0 bridgehead atoms.